The van der Waals surface area contributed by atoms with Gasteiger partial charge in [-0.05, 0) is 18.6 Å². The van der Waals surface area contributed by atoms with E-state index in [9.17, 15) is 14.7 Å². The van der Waals surface area contributed by atoms with Crippen molar-refractivity contribution in [3.63, 3.8) is 0 Å². The van der Waals surface area contributed by atoms with Gasteiger partial charge in [0.2, 0.25) is 5.91 Å². The summed E-state index contributed by atoms with van der Waals surface area (Å²) in [6.07, 6.45) is 6.08. The van der Waals surface area contributed by atoms with Gasteiger partial charge in [-0.2, -0.15) is 0 Å². The number of carbonyl (C=O) groups excluding carboxylic acids is 2. The lowest BCUT2D eigenvalue weighted by molar-refractivity contribution is -0.122. The van der Waals surface area contributed by atoms with Gasteiger partial charge < -0.3 is 9.67 Å². The third-order valence-electron chi connectivity index (χ3n) is 2.84. The Morgan fingerprint density at radius 1 is 1.24 bits per heavy atom. The van der Waals surface area contributed by atoms with Crippen LogP contribution in [0, 0.1) is 0 Å². The van der Waals surface area contributed by atoms with E-state index in [4.69, 9.17) is 0 Å². The molecule has 0 unspecified atom stereocenters. The molecule has 0 saturated heterocycles. The maximum absolute atomic E-state index is 11.7. The maximum Gasteiger partial charge on any atom is 0.273 e. The third kappa shape index (κ3) is 4.34. The number of hydrazine groups is 1. The molecule has 2 rings (SSSR count). The molecule has 0 spiro atoms. The number of aromatic nitrogens is 2. The standard InChI is InChI=1S/C14H16N4O3/c19-12-5-2-1-4-11(12)14(21)17-16-13(20)6-3-8-18-9-7-15-10-18/h1-2,4-5,7,9-10,19H,3,6,8H2,(H,16,20)(H,17,21). The third-order valence-corrected chi connectivity index (χ3v) is 2.84. The van der Waals surface area contributed by atoms with E-state index in [0.717, 1.165) is 0 Å². The monoisotopic (exact) mass is 288 g/mol. The second-order valence-electron chi connectivity index (χ2n) is 4.42. The van der Waals surface area contributed by atoms with Crippen molar-refractivity contribution in [2.75, 3.05) is 0 Å². The normalized spacial score (nSPS) is 10.1. The van der Waals surface area contributed by atoms with Crippen LogP contribution in [0.3, 0.4) is 0 Å². The quantitative estimate of drug-likeness (QED) is 0.710. The molecule has 7 nitrogen and oxygen atoms in total. The number of carbonyl (C=O) groups is 2. The Balaban J connectivity index is 1.71. The molecule has 1 heterocycles. The number of nitrogens with zero attached hydrogens (tertiary/aromatic N) is 2. The van der Waals surface area contributed by atoms with Gasteiger partial charge in [0.05, 0.1) is 11.9 Å². The molecule has 0 aliphatic rings. The molecule has 1 aromatic carbocycles. The zero-order chi connectivity index (χ0) is 15.1. The summed E-state index contributed by atoms with van der Waals surface area (Å²) in [7, 11) is 0. The van der Waals surface area contributed by atoms with Crippen LogP contribution in [-0.2, 0) is 11.3 Å². The number of phenolic OH excluding ortho intramolecular Hbond substituents is 1. The number of para-hydroxylation sites is 1. The van der Waals surface area contributed by atoms with E-state index >= 15 is 0 Å². The Morgan fingerprint density at radius 2 is 2.05 bits per heavy atom. The van der Waals surface area contributed by atoms with Crippen molar-refractivity contribution in [2.45, 2.75) is 19.4 Å². The summed E-state index contributed by atoms with van der Waals surface area (Å²) in [6, 6.07) is 6.11. The molecule has 2 amide bonds. The van der Waals surface area contributed by atoms with E-state index in [0.29, 0.717) is 13.0 Å². The summed E-state index contributed by atoms with van der Waals surface area (Å²) in [6.45, 7) is 0.681. The van der Waals surface area contributed by atoms with Gasteiger partial charge in [-0.1, -0.05) is 12.1 Å². The Labute approximate surface area is 121 Å². The van der Waals surface area contributed by atoms with E-state index in [2.05, 4.69) is 15.8 Å². The Kier molecular flexibility index (Phi) is 4.92. The van der Waals surface area contributed by atoms with Gasteiger partial charge in [-0.25, -0.2) is 4.98 Å². The van der Waals surface area contributed by atoms with Crippen LogP contribution in [0.2, 0.25) is 0 Å². The highest BCUT2D eigenvalue weighted by Crippen LogP contribution is 2.14. The van der Waals surface area contributed by atoms with Crippen LogP contribution in [-0.4, -0.2) is 26.5 Å². The smallest absolute Gasteiger partial charge is 0.273 e. The lowest BCUT2D eigenvalue weighted by atomic mass is 10.2. The number of hydrogen-bond acceptors (Lipinski definition) is 4. The fraction of sp³-hybridized carbons (Fsp3) is 0.214. The molecule has 110 valence electrons. The summed E-state index contributed by atoms with van der Waals surface area (Å²) in [5.41, 5.74) is 4.69. The van der Waals surface area contributed by atoms with Crippen LogP contribution in [0.5, 0.6) is 5.75 Å². The minimum atomic E-state index is -0.559. The fourth-order valence-corrected chi connectivity index (χ4v) is 1.76. The van der Waals surface area contributed by atoms with Crippen molar-refractivity contribution >= 4 is 11.8 Å². The van der Waals surface area contributed by atoms with Crippen LogP contribution >= 0.6 is 0 Å². The molecule has 0 radical (unpaired) electrons. The predicted molar refractivity (Wildman–Crippen MR) is 75.2 cm³/mol. The number of aryl methyl sites for hydroxylation is 1. The molecule has 0 fully saturated rings. The molecule has 2 aromatic rings. The number of nitrogens with one attached hydrogen (secondary N) is 2. The van der Waals surface area contributed by atoms with Crippen LogP contribution in [0.15, 0.2) is 43.0 Å². The highest BCUT2D eigenvalue weighted by atomic mass is 16.3. The van der Waals surface area contributed by atoms with Gasteiger partial charge in [0.25, 0.3) is 5.91 Å². The number of phenols is 1. The van der Waals surface area contributed by atoms with Crippen molar-refractivity contribution in [3.05, 3.63) is 48.5 Å². The molecule has 0 bridgehead atoms. The van der Waals surface area contributed by atoms with Gasteiger partial charge in [0, 0.05) is 25.4 Å². The molecule has 0 saturated carbocycles. The summed E-state index contributed by atoms with van der Waals surface area (Å²) in [5.74, 6) is -0.987. The lowest BCUT2D eigenvalue weighted by Gasteiger charge is -2.08. The van der Waals surface area contributed by atoms with Crippen molar-refractivity contribution in [3.8, 4) is 5.75 Å². The summed E-state index contributed by atoms with van der Waals surface area (Å²) >= 11 is 0. The van der Waals surface area contributed by atoms with Crippen molar-refractivity contribution in [2.24, 2.45) is 0 Å². The summed E-state index contributed by atoms with van der Waals surface area (Å²) < 4.78 is 1.87. The number of rotatable bonds is 5. The second kappa shape index (κ2) is 7.09. The largest absolute Gasteiger partial charge is 0.507 e. The first kappa shape index (κ1) is 14.6. The minimum Gasteiger partial charge on any atom is -0.507 e. The Hall–Kier alpha value is -2.83. The van der Waals surface area contributed by atoms with E-state index in [1.165, 1.54) is 12.1 Å². The molecule has 1 aromatic heterocycles. The Bertz CT molecular complexity index is 610. The number of amides is 2. The zero-order valence-corrected chi connectivity index (χ0v) is 11.3. The summed E-state index contributed by atoms with van der Waals surface area (Å²) in [5, 5.41) is 9.51. The fourth-order valence-electron chi connectivity index (χ4n) is 1.76. The van der Waals surface area contributed by atoms with Gasteiger partial charge in [-0.3, -0.25) is 20.4 Å². The first-order valence-corrected chi connectivity index (χ1v) is 6.50. The predicted octanol–water partition coefficient (Wildman–Crippen LogP) is 0.830. The zero-order valence-electron chi connectivity index (χ0n) is 11.3. The summed E-state index contributed by atoms with van der Waals surface area (Å²) in [4.78, 5) is 27.2. The molecule has 21 heavy (non-hydrogen) atoms. The number of aromatic hydroxyl groups is 1. The maximum atomic E-state index is 11.7. The molecule has 0 aliphatic carbocycles. The number of hydrogen-bond donors (Lipinski definition) is 3. The van der Waals surface area contributed by atoms with E-state index in [1.807, 2.05) is 10.8 Å². The van der Waals surface area contributed by atoms with Gasteiger partial charge in [0.15, 0.2) is 0 Å². The average molecular weight is 288 g/mol. The number of imidazole rings is 1. The van der Waals surface area contributed by atoms with E-state index < -0.39 is 5.91 Å². The highest BCUT2D eigenvalue weighted by molar-refractivity contribution is 5.97. The second-order valence-corrected chi connectivity index (χ2v) is 4.42. The molecular weight excluding hydrogens is 272 g/mol. The van der Waals surface area contributed by atoms with E-state index in [1.54, 1.807) is 24.7 Å². The van der Waals surface area contributed by atoms with Crippen LogP contribution in [0.25, 0.3) is 0 Å². The molecule has 3 N–H and O–H groups in total. The van der Waals surface area contributed by atoms with Crippen molar-refractivity contribution in [1.82, 2.24) is 20.4 Å². The SMILES string of the molecule is O=C(CCCn1ccnc1)NNC(=O)c1ccccc1O. The lowest BCUT2D eigenvalue weighted by Crippen LogP contribution is -2.41. The topological polar surface area (TPSA) is 96.3 Å². The first-order chi connectivity index (χ1) is 10.2. The molecule has 0 aliphatic heterocycles. The highest BCUT2D eigenvalue weighted by Gasteiger charge is 2.10. The minimum absolute atomic E-state index is 0.108. The van der Waals surface area contributed by atoms with Crippen molar-refractivity contribution in [1.29, 1.82) is 0 Å². The van der Waals surface area contributed by atoms with Gasteiger partial charge >= 0.3 is 0 Å². The molecular formula is C14H16N4O3. The van der Waals surface area contributed by atoms with E-state index in [-0.39, 0.29) is 23.6 Å². The molecule has 7 heteroatoms. The average Bonchev–Trinajstić information content (AvgIpc) is 2.98. The van der Waals surface area contributed by atoms with Crippen LogP contribution < -0.4 is 10.9 Å². The number of benzene rings is 1. The van der Waals surface area contributed by atoms with Crippen LogP contribution in [0.4, 0.5) is 0 Å². The van der Waals surface area contributed by atoms with Crippen molar-refractivity contribution < 1.29 is 14.7 Å². The first-order valence-electron chi connectivity index (χ1n) is 6.50. The Morgan fingerprint density at radius 3 is 2.76 bits per heavy atom. The molecule has 0 atom stereocenters. The van der Waals surface area contributed by atoms with Crippen LogP contribution in [0.1, 0.15) is 23.2 Å². The van der Waals surface area contributed by atoms with Gasteiger partial charge in [0.1, 0.15) is 5.75 Å². The van der Waals surface area contributed by atoms with Gasteiger partial charge in [-0.15, -0.1) is 0 Å².